The van der Waals surface area contributed by atoms with Gasteiger partial charge in [0.1, 0.15) is 0 Å². The first-order valence-corrected chi connectivity index (χ1v) is 6.03. The van der Waals surface area contributed by atoms with Crippen LogP contribution in [0.2, 0.25) is 0 Å². The molecule has 0 saturated carbocycles. The largest absolute Gasteiger partial charge is 0.478 e. The Labute approximate surface area is 107 Å². The average Bonchev–Trinajstić information content (AvgIpc) is 2.45. The van der Waals surface area contributed by atoms with Crippen LogP contribution in [-0.4, -0.2) is 23.2 Å². The second-order valence-electron chi connectivity index (χ2n) is 3.74. The fourth-order valence-electron chi connectivity index (χ4n) is 1.42. The molecule has 4 heteroatoms. The van der Waals surface area contributed by atoms with E-state index in [-0.39, 0.29) is 0 Å². The number of pyridine rings is 2. The van der Waals surface area contributed by atoms with Gasteiger partial charge >= 0.3 is 0 Å². The summed E-state index contributed by atoms with van der Waals surface area (Å²) < 4.78 is 11.0. The summed E-state index contributed by atoms with van der Waals surface area (Å²) in [6.45, 7) is 1.31. The summed E-state index contributed by atoms with van der Waals surface area (Å²) in [5.74, 6) is 1.34. The summed E-state index contributed by atoms with van der Waals surface area (Å²) in [4.78, 5) is 8.16. The number of unbranched alkanes of at least 4 members (excludes halogenated alkanes) is 1. The van der Waals surface area contributed by atoms with E-state index in [1.165, 1.54) is 0 Å². The summed E-state index contributed by atoms with van der Waals surface area (Å²) in [6, 6.07) is 11.3. The molecule has 2 rings (SSSR count). The third kappa shape index (κ3) is 4.41. The topological polar surface area (TPSA) is 44.2 Å². The molecular formula is C14H16N2O2. The normalized spacial score (nSPS) is 10.0. The van der Waals surface area contributed by atoms with Crippen LogP contribution in [0, 0.1) is 0 Å². The molecule has 0 N–H and O–H groups in total. The maximum Gasteiger partial charge on any atom is 0.213 e. The van der Waals surface area contributed by atoms with Crippen molar-refractivity contribution < 1.29 is 9.47 Å². The van der Waals surface area contributed by atoms with E-state index < -0.39 is 0 Å². The monoisotopic (exact) mass is 244 g/mol. The highest BCUT2D eigenvalue weighted by Gasteiger charge is 1.95. The number of hydrogen-bond donors (Lipinski definition) is 0. The Hall–Kier alpha value is -2.10. The Morgan fingerprint density at radius 3 is 1.61 bits per heavy atom. The molecule has 0 aromatic carbocycles. The Bertz CT molecular complexity index is 391. The standard InChI is InChI=1S/C14H16N2O2/c1-3-9-15-13(7-1)17-11-5-6-12-18-14-8-2-4-10-16-14/h1-4,7-10H,5-6,11-12H2. The third-order valence-corrected chi connectivity index (χ3v) is 2.31. The summed E-state index contributed by atoms with van der Waals surface area (Å²) in [6.07, 6.45) is 5.31. The molecule has 0 atom stereocenters. The summed E-state index contributed by atoms with van der Waals surface area (Å²) in [5, 5.41) is 0. The number of aromatic nitrogens is 2. The lowest BCUT2D eigenvalue weighted by Gasteiger charge is -2.06. The van der Waals surface area contributed by atoms with E-state index in [1.807, 2.05) is 36.4 Å². The zero-order chi connectivity index (χ0) is 12.5. The lowest BCUT2D eigenvalue weighted by atomic mass is 10.3. The first kappa shape index (κ1) is 12.4. The minimum atomic E-state index is 0.655. The van der Waals surface area contributed by atoms with Crippen LogP contribution in [0.3, 0.4) is 0 Å². The van der Waals surface area contributed by atoms with Crippen molar-refractivity contribution in [1.82, 2.24) is 9.97 Å². The first-order valence-electron chi connectivity index (χ1n) is 6.03. The van der Waals surface area contributed by atoms with Gasteiger partial charge in [0, 0.05) is 24.5 Å². The van der Waals surface area contributed by atoms with E-state index in [9.17, 15) is 0 Å². The molecule has 0 fully saturated rings. The Morgan fingerprint density at radius 1 is 0.722 bits per heavy atom. The van der Waals surface area contributed by atoms with Crippen molar-refractivity contribution in [2.45, 2.75) is 12.8 Å². The maximum atomic E-state index is 5.48. The molecule has 4 nitrogen and oxygen atoms in total. The summed E-state index contributed by atoms with van der Waals surface area (Å²) in [5.41, 5.74) is 0. The van der Waals surface area contributed by atoms with Gasteiger partial charge in [-0.3, -0.25) is 0 Å². The molecule has 0 aliphatic heterocycles. The SMILES string of the molecule is c1ccc(OCCCCOc2ccccn2)nc1. The van der Waals surface area contributed by atoms with Crippen molar-refractivity contribution in [1.29, 1.82) is 0 Å². The van der Waals surface area contributed by atoms with Crippen LogP contribution in [-0.2, 0) is 0 Å². The van der Waals surface area contributed by atoms with E-state index in [0.29, 0.717) is 25.0 Å². The molecule has 2 heterocycles. The maximum absolute atomic E-state index is 5.48. The van der Waals surface area contributed by atoms with Gasteiger partial charge < -0.3 is 9.47 Å². The highest BCUT2D eigenvalue weighted by molar-refractivity contribution is 5.09. The molecule has 2 aromatic rings. The zero-order valence-corrected chi connectivity index (χ0v) is 10.2. The van der Waals surface area contributed by atoms with Gasteiger partial charge in [0.05, 0.1) is 13.2 Å². The van der Waals surface area contributed by atoms with Gasteiger partial charge in [0.25, 0.3) is 0 Å². The van der Waals surface area contributed by atoms with Crippen LogP contribution >= 0.6 is 0 Å². The van der Waals surface area contributed by atoms with Gasteiger partial charge in [-0.2, -0.15) is 0 Å². The van der Waals surface area contributed by atoms with Crippen LogP contribution in [0.15, 0.2) is 48.8 Å². The quantitative estimate of drug-likeness (QED) is 0.702. The van der Waals surface area contributed by atoms with E-state index >= 15 is 0 Å². The molecular weight excluding hydrogens is 228 g/mol. The molecule has 18 heavy (non-hydrogen) atoms. The fourth-order valence-corrected chi connectivity index (χ4v) is 1.42. The molecule has 0 aliphatic rings. The van der Waals surface area contributed by atoms with E-state index in [1.54, 1.807) is 12.4 Å². The second-order valence-corrected chi connectivity index (χ2v) is 3.74. The number of nitrogens with zero attached hydrogens (tertiary/aromatic N) is 2. The minimum Gasteiger partial charge on any atom is -0.478 e. The van der Waals surface area contributed by atoms with Crippen molar-refractivity contribution in [3.8, 4) is 11.8 Å². The van der Waals surface area contributed by atoms with Crippen molar-refractivity contribution in [3.05, 3.63) is 48.8 Å². The van der Waals surface area contributed by atoms with Gasteiger partial charge in [-0.15, -0.1) is 0 Å². The lowest BCUT2D eigenvalue weighted by molar-refractivity contribution is 0.256. The first-order chi connectivity index (χ1) is 8.95. The summed E-state index contributed by atoms with van der Waals surface area (Å²) >= 11 is 0. The molecule has 0 unspecified atom stereocenters. The number of rotatable bonds is 7. The van der Waals surface area contributed by atoms with Gasteiger partial charge in [0.2, 0.25) is 11.8 Å². The van der Waals surface area contributed by atoms with Crippen LogP contribution in [0.25, 0.3) is 0 Å². The fraction of sp³-hybridized carbons (Fsp3) is 0.286. The molecule has 94 valence electrons. The molecule has 0 amide bonds. The van der Waals surface area contributed by atoms with Crippen LogP contribution < -0.4 is 9.47 Å². The molecule has 0 radical (unpaired) electrons. The Balaban J connectivity index is 1.54. The predicted octanol–water partition coefficient (Wildman–Crippen LogP) is 2.71. The highest BCUT2D eigenvalue weighted by atomic mass is 16.5. The second kappa shape index (κ2) is 7.27. The van der Waals surface area contributed by atoms with Crippen molar-refractivity contribution in [2.75, 3.05) is 13.2 Å². The number of hydrogen-bond acceptors (Lipinski definition) is 4. The van der Waals surface area contributed by atoms with E-state index in [2.05, 4.69) is 9.97 Å². The molecule has 2 aromatic heterocycles. The van der Waals surface area contributed by atoms with Crippen LogP contribution in [0.4, 0.5) is 0 Å². The van der Waals surface area contributed by atoms with Crippen molar-refractivity contribution in [2.24, 2.45) is 0 Å². The zero-order valence-electron chi connectivity index (χ0n) is 10.2. The van der Waals surface area contributed by atoms with Crippen molar-refractivity contribution >= 4 is 0 Å². The van der Waals surface area contributed by atoms with Gasteiger partial charge in [0.15, 0.2) is 0 Å². The van der Waals surface area contributed by atoms with Crippen LogP contribution in [0.1, 0.15) is 12.8 Å². The minimum absolute atomic E-state index is 0.655. The van der Waals surface area contributed by atoms with Crippen molar-refractivity contribution in [3.63, 3.8) is 0 Å². The molecule has 0 bridgehead atoms. The molecule has 0 saturated heterocycles. The predicted molar refractivity (Wildman–Crippen MR) is 68.7 cm³/mol. The summed E-state index contributed by atoms with van der Waals surface area (Å²) in [7, 11) is 0. The van der Waals surface area contributed by atoms with Gasteiger partial charge in [-0.05, 0) is 25.0 Å². The van der Waals surface area contributed by atoms with E-state index in [0.717, 1.165) is 12.8 Å². The molecule has 0 aliphatic carbocycles. The highest BCUT2D eigenvalue weighted by Crippen LogP contribution is 2.06. The Morgan fingerprint density at radius 2 is 1.22 bits per heavy atom. The smallest absolute Gasteiger partial charge is 0.213 e. The third-order valence-electron chi connectivity index (χ3n) is 2.31. The number of ether oxygens (including phenoxy) is 2. The van der Waals surface area contributed by atoms with Gasteiger partial charge in [-0.1, -0.05) is 12.1 Å². The van der Waals surface area contributed by atoms with Gasteiger partial charge in [-0.25, -0.2) is 9.97 Å². The molecule has 0 spiro atoms. The van der Waals surface area contributed by atoms with Crippen LogP contribution in [0.5, 0.6) is 11.8 Å². The van der Waals surface area contributed by atoms with E-state index in [4.69, 9.17) is 9.47 Å². The average molecular weight is 244 g/mol. The Kier molecular flexibility index (Phi) is 4.99. The lowest BCUT2D eigenvalue weighted by Crippen LogP contribution is -2.03.